The smallest absolute Gasteiger partial charge is 0.242 e. The summed E-state index contributed by atoms with van der Waals surface area (Å²) < 4.78 is 5.32. The van der Waals surface area contributed by atoms with Crippen LogP contribution in [0.15, 0.2) is 18.2 Å². The molecule has 5 heteroatoms. The Morgan fingerprint density at radius 2 is 2.11 bits per heavy atom. The van der Waals surface area contributed by atoms with E-state index in [-0.39, 0.29) is 11.9 Å². The summed E-state index contributed by atoms with van der Waals surface area (Å²) in [5.41, 5.74) is 8.41. The van der Waals surface area contributed by atoms with E-state index in [0.717, 1.165) is 30.8 Å². The number of morpholine rings is 1. The normalized spacial score (nSPS) is 24.4. The van der Waals surface area contributed by atoms with Crippen LogP contribution in [0.3, 0.4) is 0 Å². The van der Waals surface area contributed by atoms with Gasteiger partial charge >= 0.3 is 0 Å². The molecule has 0 unspecified atom stereocenters. The molecule has 0 aromatic heterocycles. The van der Waals surface area contributed by atoms with Gasteiger partial charge in [0.2, 0.25) is 5.91 Å². The van der Waals surface area contributed by atoms with E-state index in [9.17, 15) is 4.79 Å². The second-order valence-electron chi connectivity index (χ2n) is 4.77. The predicted molar refractivity (Wildman–Crippen MR) is 69.4 cm³/mol. The van der Waals surface area contributed by atoms with E-state index in [1.54, 1.807) is 0 Å². The Hall–Kier alpha value is -1.59. The minimum Gasteiger partial charge on any atom is -0.399 e. The lowest BCUT2D eigenvalue weighted by molar-refractivity contribution is -0.123. The molecule has 1 fully saturated rings. The van der Waals surface area contributed by atoms with Gasteiger partial charge in [0.15, 0.2) is 0 Å². The van der Waals surface area contributed by atoms with Crippen molar-refractivity contribution in [2.75, 3.05) is 37.4 Å². The van der Waals surface area contributed by atoms with Gasteiger partial charge in [0, 0.05) is 24.5 Å². The number of amides is 1. The molecule has 2 aliphatic rings. The molecule has 0 radical (unpaired) electrons. The summed E-state index contributed by atoms with van der Waals surface area (Å²) in [6.07, 6.45) is 0.751. The molecule has 0 aliphatic carbocycles. The molecule has 18 heavy (non-hydrogen) atoms. The third kappa shape index (κ3) is 2.07. The number of carbonyl (C=O) groups excluding carboxylic acids is 1. The molecular formula is C13H17N3O2. The predicted octanol–water partition coefficient (Wildman–Crippen LogP) is 0.464. The maximum absolute atomic E-state index is 12.1. The number of nitrogens with zero attached hydrogens (tertiary/aromatic N) is 1. The molecule has 0 bridgehead atoms. The zero-order valence-corrected chi connectivity index (χ0v) is 10.2. The number of nitrogens with two attached hydrogens (primary N) is 1. The van der Waals surface area contributed by atoms with Crippen molar-refractivity contribution >= 4 is 17.3 Å². The van der Waals surface area contributed by atoms with Gasteiger partial charge in [0.1, 0.15) is 0 Å². The van der Waals surface area contributed by atoms with Crippen LogP contribution in [0.4, 0.5) is 11.4 Å². The van der Waals surface area contributed by atoms with Crippen molar-refractivity contribution in [3.63, 3.8) is 0 Å². The van der Waals surface area contributed by atoms with Crippen LogP contribution in [-0.4, -0.2) is 43.2 Å². The molecule has 5 nitrogen and oxygen atoms in total. The lowest BCUT2D eigenvalue weighted by Gasteiger charge is -2.36. The number of rotatable bonds is 1. The van der Waals surface area contributed by atoms with Crippen molar-refractivity contribution in [1.29, 1.82) is 0 Å². The van der Waals surface area contributed by atoms with Crippen LogP contribution in [0.25, 0.3) is 0 Å². The first-order valence-corrected chi connectivity index (χ1v) is 6.25. The van der Waals surface area contributed by atoms with Crippen molar-refractivity contribution in [2.45, 2.75) is 12.5 Å². The minimum atomic E-state index is -0.0787. The number of ether oxygens (including phenoxy) is 1. The van der Waals surface area contributed by atoms with Crippen LogP contribution < -0.4 is 11.1 Å². The maximum atomic E-state index is 12.1. The molecule has 1 amide bonds. The number of benzene rings is 1. The summed E-state index contributed by atoms with van der Waals surface area (Å²) in [4.78, 5) is 14.3. The van der Waals surface area contributed by atoms with Crippen molar-refractivity contribution in [3.05, 3.63) is 23.8 Å². The molecule has 1 aromatic carbocycles. The molecule has 1 aromatic rings. The van der Waals surface area contributed by atoms with E-state index < -0.39 is 0 Å². The van der Waals surface area contributed by atoms with E-state index in [4.69, 9.17) is 10.5 Å². The molecule has 3 N–H and O–H groups in total. The monoisotopic (exact) mass is 247 g/mol. The fourth-order valence-corrected chi connectivity index (χ4v) is 2.59. The Kier molecular flexibility index (Phi) is 2.93. The number of hydrogen-bond acceptors (Lipinski definition) is 4. The first-order valence-electron chi connectivity index (χ1n) is 6.25. The fourth-order valence-electron chi connectivity index (χ4n) is 2.59. The van der Waals surface area contributed by atoms with Gasteiger partial charge in [-0.3, -0.25) is 9.69 Å². The zero-order valence-electron chi connectivity index (χ0n) is 10.2. The Bertz CT molecular complexity index is 469. The van der Waals surface area contributed by atoms with Crippen LogP contribution >= 0.6 is 0 Å². The van der Waals surface area contributed by atoms with E-state index in [1.165, 1.54) is 0 Å². The summed E-state index contributed by atoms with van der Waals surface area (Å²) in [6.45, 7) is 3.06. The number of nitrogen functional groups attached to an aromatic ring is 1. The number of anilines is 2. The molecule has 2 aliphatic heterocycles. The van der Waals surface area contributed by atoms with Gasteiger partial charge in [-0.2, -0.15) is 0 Å². The number of fused-ring (bicyclic) bond motifs is 1. The van der Waals surface area contributed by atoms with Gasteiger partial charge in [-0.05, 0) is 24.1 Å². The van der Waals surface area contributed by atoms with Crippen LogP contribution in [-0.2, 0) is 16.0 Å². The summed E-state index contributed by atoms with van der Waals surface area (Å²) >= 11 is 0. The maximum Gasteiger partial charge on any atom is 0.242 e. The van der Waals surface area contributed by atoms with Gasteiger partial charge in [0.25, 0.3) is 0 Å². The summed E-state index contributed by atoms with van der Waals surface area (Å²) in [5.74, 6) is 0.0648. The van der Waals surface area contributed by atoms with Gasteiger partial charge in [-0.1, -0.05) is 6.07 Å². The summed E-state index contributed by atoms with van der Waals surface area (Å²) in [7, 11) is 0. The Labute approximate surface area is 106 Å². The average Bonchev–Trinajstić information content (AvgIpc) is 2.39. The molecule has 96 valence electrons. The lowest BCUT2D eigenvalue weighted by atomic mass is 9.97. The minimum absolute atomic E-state index is 0.0648. The van der Waals surface area contributed by atoms with E-state index in [2.05, 4.69) is 10.2 Å². The molecule has 1 saturated heterocycles. The van der Waals surface area contributed by atoms with Gasteiger partial charge in [-0.15, -0.1) is 0 Å². The molecule has 2 heterocycles. The van der Waals surface area contributed by atoms with Gasteiger partial charge in [0.05, 0.1) is 19.3 Å². The molecule has 0 saturated carbocycles. The SMILES string of the molecule is Nc1ccc2c(c1)NC(=O)[C@H](N1CCOCC1)C2. The molecule has 1 atom stereocenters. The third-order valence-corrected chi connectivity index (χ3v) is 3.59. The fraction of sp³-hybridized carbons (Fsp3) is 0.462. The van der Waals surface area contributed by atoms with E-state index >= 15 is 0 Å². The highest BCUT2D eigenvalue weighted by Gasteiger charge is 2.31. The van der Waals surface area contributed by atoms with Crippen molar-refractivity contribution < 1.29 is 9.53 Å². The third-order valence-electron chi connectivity index (χ3n) is 3.59. The van der Waals surface area contributed by atoms with Gasteiger partial charge in [-0.25, -0.2) is 0 Å². The van der Waals surface area contributed by atoms with E-state index in [1.807, 2.05) is 18.2 Å². The van der Waals surface area contributed by atoms with Crippen LogP contribution in [0.5, 0.6) is 0 Å². The van der Waals surface area contributed by atoms with Crippen LogP contribution in [0, 0.1) is 0 Å². The number of hydrogen-bond donors (Lipinski definition) is 2. The quantitative estimate of drug-likeness (QED) is 0.708. The zero-order chi connectivity index (χ0) is 12.5. The topological polar surface area (TPSA) is 67.6 Å². The molecule has 3 rings (SSSR count). The van der Waals surface area contributed by atoms with Crippen LogP contribution in [0.1, 0.15) is 5.56 Å². The first kappa shape index (κ1) is 11.5. The molecular weight excluding hydrogens is 230 g/mol. The second kappa shape index (κ2) is 4.59. The standard InChI is InChI=1S/C13H17N3O2/c14-10-2-1-9-7-12(13(17)15-11(9)8-10)16-3-5-18-6-4-16/h1-2,8,12H,3-7,14H2,(H,15,17)/t12-/m1/s1. The van der Waals surface area contributed by atoms with Gasteiger partial charge < -0.3 is 15.8 Å². The summed E-state index contributed by atoms with van der Waals surface area (Å²) in [6, 6.07) is 5.62. The van der Waals surface area contributed by atoms with Crippen molar-refractivity contribution in [2.24, 2.45) is 0 Å². The lowest BCUT2D eigenvalue weighted by Crippen LogP contribution is -2.52. The largest absolute Gasteiger partial charge is 0.399 e. The highest BCUT2D eigenvalue weighted by atomic mass is 16.5. The summed E-state index contributed by atoms with van der Waals surface area (Å²) in [5, 5.41) is 2.95. The molecule has 0 spiro atoms. The Morgan fingerprint density at radius 3 is 2.89 bits per heavy atom. The second-order valence-corrected chi connectivity index (χ2v) is 4.77. The van der Waals surface area contributed by atoms with Crippen LogP contribution in [0.2, 0.25) is 0 Å². The highest BCUT2D eigenvalue weighted by Crippen LogP contribution is 2.27. The highest BCUT2D eigenvalue weighted by molar-refractivity contribution is 5.98. The van der Waals surface area contributed by atoms with Crippen molar-refractivity contribution in [3.8, 4) is 0 Å². The van der Waals surface area contributed by atoms with Crippen molar-refractivity contribution in [1.82, 2.24) is 4.90 Å². The van der Waals surface area contributed by atoms with E-state index in [0.29, 0.717) is 18.9 Å². The average molecular weight is 247 g/mol. The number of nitrogens with one attached hydrogen (secondary N) is 1. The number of carbonyl (C=O) groups is 1. The first-order chi connectivity index (χ1) is 8.74. The Balaban J connectivity index is 1.82. The Morgan fingerprint density at radius 1 is 1.33 bits per heavy atom.